The highest BCUT2D eigenvalue weighted by molar-refractivity contribution is 6.30. The fraction of sp³-hybridized carbons (Fsp3) is 0.545. The minimum atomic E-state index is 0.178. The zero-order valence-corrected chi connectivity index (χ0v) is 9.06. The Morgan fingerprint density at radius 1 is 1.54 bits per heavy atom. The summed E-state index contributed by atoms with van der Waals surface area (Å²) in [5.41, 5.74) is 0.776. The quantitative estimate of drug-likeness (QED) is 0.666. The maximum absolute atomic E-state index is 11.4. The molecular weight excluding hydrogens is 184 g/mol. The first-order valence-electron chi connectivity index (χ1n) is 4.68. The van der Waals surface area contributed by atoms with E-state index in [1.165, 1.54) is 0 Å². The van der Waals surface area contributed by atoms with E-state index in [4.69, 9.17) is 11.6 Å². The lowest BCUT2D eigenvalue weighted by molar-refractivity contribution is -0.115. The summed E-state index contributed by atoms with van der Waals surface area (Å²) in [6.07, 6.45) is 4.37. The van der Waals surface area contributed by atoms with Gasteiger partial charge in [-0.3, -0.25) is 4.79 Å². The van der Waals surface area contributed by atoms with Gasteiger partial charge in [0.25, 0.3) is 0 Å². The van der Waals surface area contributed by atoms with Crippen LogP contribution in [0.4, 0.5) is 0 Å². The van der Waals surface area contributed by atoms with E-state index in [-0.39, 0.29) is 5.78 Å². The Balaban J connectivity index is 2.90. The highest BCUT2D eigenvalue weighted by Gasteiger charge is 2.20. The van der Waals surface area contributed by atoms with Gasteiger partial charge in [0.2, 0.25) is 0 Å². The molecule has 0 saturated carbocycles. The molecule has 0 fully saturated rings. The van der Waals surface area contributed by atoms with Crippen molar-refractivity contribution in [1.82, 2.24) is 0 Å². The first kappa shape index (κ1) is 10.5. The zero-order valence-electron chi connectivity index (χ0n) is 8.30. The molecule has 0 heterocycles. The zero-order chi connectivity index (χ0) is 10.0. The predicted octanol–water partition coefficient (Wildman–Crippen LogP) is 3.30. The van der Waals surface area contributed by atoms with Gasteiger partial charge in [0.1, 0.15) is 0 Å². The Bertz CT molecular complexity index is 276. The third-order valence-corrected chi connectivity index (χ3v) is 3.06. The Labute approximate surface area is 84.5 Å². The number of carbonyl (C=O) groups excluding carboxylic acids is 1. The summed E-state index contributed by atoms with van der Waals surface area (Å²) in [5.74, 6) is 0.884. The summed E-state index contributed by atoms with van der Waals surface area (Å²) in [7, 11) is 0. The molecule has 0 aromatic carbocycles. The highest BCUT2D eigenvalue weighted by Crippen LogP contribution is 2.31. The van der Waals surface area contributed by atoms with Gasteiger partial charge in [0.05, 0.1) is 0 Å². The van der Waals surface area contributed by atoms with E-state index >= 15 is 0 Å². The standard InChI is InChI=1S/C11H15ClO/c1-4-11(13)9-5-7(2)8(3)10(12)6-9/h5-8H,4H2,1-3H3. The fourth-order valence-electron chi connectivity index (χ4n) is 1.38. The maximum Gasteiger partial charge on any atom is 0.162 e. The molecule has 0 saturated heterocycles. The van der Waals surface area contributed by atoms with Crippen LogP contribution in [-0.2, 0) is 4.79 Å². The molecule has 72 valence electrons. The molecule has 13 heavy (non-hydrogen) atoms. The van der Waals surface area contributed by atoms with Crippen LogP contribution in [0.3, 0.4) is 0 Å². The van der Waals surface area contributed by atoms with Gasteiger partial charge in [0.15, 0.2) is 5.78 Å². The Morgan fingerprint density at radius 2 is 2.15 bits per heavy atom. The van der Waals surface area contributed by atoms with Crippen molar-refractivity contribution >= 4 is 17.4 Å². The number of halogens is 1. The lowest BCUT2D eigenvalue weighted by Crippen LogP contribution is -2.13. The molecule has 2 unspecified atom stereocenters. The lowest BCUT2D eigenvalue weighted by atomic mass is 9.87. The van der Waals surface area contributed by atoms with Crippen molar-refractivity contribution in [3.8, 4) is 0 Å². The van der Waals surface area contributed by atoms with Crippen LogP contribution in [0, 0.1) is 11.8 Å². The summed E-state index contributed by atoms with van der Waals surface area (Å²) in [6.45, 7) is 6.03. The van der Waals surface area contributed by atoms with Gasteiger partial charge in [0, 0.05) is 17.0 Å². The van der Waals surface area contributed by atoms with Crippen LogP contribution >= 0.6 is 11.6 Å². The summed E-state index contributed by atoms with van der Waals surface area (Å²) < 4.78 is 0. The molecular formula is C11H15ClO. The summed E-state index contributed by atoms with van der Waals surface area (Å²) in [6, 6.07) is 0. The molecule has 0 bridgehead atoms. The number of carbonyl (C=O) groups is 1. The molecule has 1 nitrogen and oxygen atoms in total. The van der Waals surface area contributed by atoms with Gasteiger partial charge in [-0.05, 0) is 17.9 Å². The van der Waals surface area contributed by atoms with Crippen molar-refractivity contribution in [2.24, 2.45) is 11.8 Å². The van der Waals surface area contributed by atoms with Gasteiger partial charge in [-0.15, -0.1) is 0 Å². The summed E-state index contributed by atoms with van der Waals surface area (Å²) in [4.78, 5) is 11.4. The Hall–Kier alpha value is -0.560. The average molecular weight is 199 g/mol. The van der Waals surface area contributed by atoms with E-state index < -0.39 is 0 Å². The first-order chi connectivity index (χ1) is 6.06. The fourth-order valence-corrected chi connectivity index (χ4v) is 1.70. The molecule has 1 aliphatic carbocycles. The minimum Gasteiger partial charge on any atom is -0.294 e. The largest absolute Gasteiger partial charge is 0.294 e. The van der Waals surface area contributed by atoms with Crippen molar-refractivity contribution in [3.05, 3.63) is 22.8 Å². The predicted molar refractivity (Wildman–Crippen MR) is 55.6 cm³/mol. The van der Waals surface area contributed by atoms with Crippen LogP contribution in [0.2, 0.25) is 0 Å². The van der Waals surface area contributed by atoms with Crippen molar-refractivity contribution in [1.29, 1.82) is 0 Å². The smallest absolute Gasteiger partial charge is 0.162 e. The first-order valence-corrected chi connectivity index (χ1v) is 5.06. The second-order valence-electron chi connectivity index (χ2n) is 3.58. The monoisotopic (exact) mass is 198 g/mol. The van der Waals surface area contributed by atoms with Gasteiger partial charge in [-0.1, -0.05) is 38.4 Å². The number of Topliss-reactive ketones (excluding diaryl/α,β-unsaturated/α-hetero) is 1. The van der Waals surface area contributed by atoms with E-state index in [0.717, 1.165) is 10.6 Å². The molecule has 1 rings (SSSR count). The molecule has 0 aliphatic heterocycles. The number of hydrogen-bond acceptors (Lipinski definition) is 1. The molecule has 0 aromatic rings. The molecule has 1 aliphatic rings. The maximum atomic E-state index is 11.4. The van der Waals surface area contributed by atoms with E-state index in [9.17, 15) is 4.79 Å². The number of hydrogen-bond donors (Lipinski definition) is 0. The molecule has 0 radical (unpaired) electrons. The topological polar surface area (TPSA) is 17.1 Å². The van der Waals surface area contributed by atoms with Crippen molar-refractivity contribution in [2.75, 3.05) is 0 Å². The molecule has 0 spiro atoms. The Kier molecular flexibility index (Phi) is 3.32. The van der Waals surface area contributed by atoms with Crippen LogP contribution in [0.15, 0.2) is 22.8 Å². The van der Waals surface area contributed by atoms with Crippen molar-refractivity contribution in [2.45, 2.75) is 27.2 Å². The van der Waals surface area contributed by atoms with Crippen LogP contribution < -0.4 is 0 Å². The normalized spacial score (nSPS) is 28.0. The van der Waals surface area contributed by atoms with Crippen molar-refractivity contribution in [3.63, 3.8) is 0 Å². The number of allylic oxidation sites excluding steroid dienone is 4. The number of rotatable bonds is 2. The molecule has 2 heteroatoms. The van der Waals surface area contributed by atoms with Gasteiger partial charge >= 0.3 is 0 Å². The Morgan fingerprint density at radius 3 is 2.62 bits per heavy atom. The third-order valence-electron chi connectivity index (χ3n) is 2.60. The lowest BCUT2D eigenvalue weighted by Gasteiger charge is -2.21. The van der Waals surface area contributed by atoms with E-state index in [2.05, 4.69) is 13.8 Å². The van der Waals surface area contributed by atoms with Crippen LogP contribution in [0.5, 0.6) is 0 Å². The molecule has 0 amide bonds. The van der Waals surface area contributed by atoms with Gasteiger partial charge < -0.3 is 0 Å². The molecule has 0 N–H and O–H groups in total. The van der Waals surface area contributed by atoms with Crippen LogP contribution in [0.1, 0.15) is 27.2 Å². The molecule has 2 atom stereocenters. The molecule has 0 aromatic heterocycles. The van der Waals surface area contributed by atoms with Crippen LogP contribution in [-0.4, -0.2) is 5.78 Å². The van der Waals surface area contributed by atoms with Gasteiger partial charge in [-0.2, -0.15) is 0 Å². The van der Waals surface area contributed by atoms with E-state index in [1.807, 2.05) is 13.0 Å². The summed E-state index contributed by atoms with van der Waals surface area (Å²) in [5, 5.41) is 0.798. The minimum absolute atomic E-state index is 0.178. The second-order valence-corrected chi connectivity index (χ2v) is 4.01. The third kappa shape index (κ3) is 2.22. The number of ketones is 1. The van der Waals surface area contributed by atoms with Crippen LogP contribution in [0.25, 0.3) is 0 Å². The SMILES string of the molecule is CCC(=O)C1=CC(C)C(C)C(Cl)=C1. The second kappa shape index (κ2) is 4.10. The highest BCUT2D eigenvalue weighted by atomic mass is 35.5. The van der Waals surface area contributed by atoms with Crippen molar-refractivity contribution < 1.29 is 4.79 Å². The van der Waals surface area contributed by atoms with E-state index in [1.54, 1.807) is 6.08 Å². The van der Waals surface area contributed by atoms with Gasteiger partial charge in [-0.25, -0.2) is 0 Å². The van der Waals surface area contributed by atoms with E-state index in [0.29, 0.717) is 18.3 Å². The summed E-state index contributed by atoms with van der Waals surface area (Å²) >= 11 is 6.03. The average Bonchev–Trinajstić information content (AvgIpc) is 2.12.